The number of pyridine rings is 1. The first-order valence-electron chi connectivity index (χ1n) is 8.29. The summed E-state index contributed by atoms with van der Waals surface area (Å²) in [6.45, 7) is 4.55. The fourth-order valence-corrected chi connectivity index (χ4v) is 3.13. The minimum atomic E-state index is -0.138. The van der Waals surface area contributed by atoms with Gasteiger partial charge in [-0.3, -0.25) is 9.89 Å². The second-order valence-corrected chi connectivity index (χ2v) is 6.56. The van der Waals surface area contributed by atoms with Crippen LogP contribution in [0.2, 0.25) is 0 Å². The maximum atomic E-state index is 11.5. The first-order chi connectivity index (χ1) is 12.0. The molecule has 4 heterocycles. The molecule has 2 N–H and O–H groups in total. The summed E-state index contributed by atoms with van der Waals surface area (Å²) in [6, 6.07) is 3.84. The molecule has 1 aliphatic rings. The molecular weight excluding hydrogens is 320 g/mol. The van der Waals surface area contributed by atoms with Gasteiger partial charge in [0.2, 0.25) is 11.8 Å². The third-order valence-electron chi connectivity index (χ3n) is 4.60. The van der Waals surface area contributed by atoms with Crippen LogP contribution in [-0.2, 0) is 11.8 Å². The van der Waals surface area contributed by atoms with Crippen molar-refractivity contribution in [1.29, 1.82) is 0 Å². The minimum absolute atomic E-state index is 0.0693. The molecule has 2 atom stereocenters. The Balaban J connectivity index is 1.73. The molecule has 0 saturated carbocycles. The molecule has 1 saturated heterocycles. The van der Waals surface area contributed by atoms with E-state index in [1.807, 2.05) is 37.6 Å². The Bertz CT molecular complexity index is 944. The Morgan fingerprint density at radius 1 is 1.36 bits per heavy atom. The maximum absolute atomic E-state index is 11.5. The smallest absolute Gasteiger partial charge is 0.241 e. The van der Waals surface area contributed by atoms with Crippen LogP contribution in [0.4, 0.5) is 0 Å². The highest BCUT2D eigenvalue weighted by atomic mass is 16.5. The van der Waals surface area contributed by atoms with Gasteiger partial charge in [-0.15, -0.1) is 0 Å². The number of rotatable bonds is 4. The molecule has 0 radical (unpaired) electrons. The molecule has 0 bridgehead atoms. The molecule has 1 aliphatic heterocycles. The molecule has 2 unspecified atom stereocenters. The number of H-pyrrole nitrogens is 1. The molecular formula is C17H20N6O2. The number of amides is 1. The largest absolute Gasteiger partial charge is 0.473 e. The minimum Gasteiger partial charge on any atom is -0.473 e. The lowest BCUT2D eigenvalue weighted by atomic mass is 10.0. The molecule has 0 aliphatic carbocycles. The summed E-state index contributed by atoms with van der Waals surface area (Å²) in [5, 5.41) is 10.1. The zero-order chi connectivity index (χ0) is 17.6. The van der Waals surface area contributed by atoms with E-state index in [4.69, 9.17) is 4.74 Å². The third-order valence-corrected chi connectivity index (χ3v) is 4.60. The second-order valence-electron chi connectivity index (χ2n) is 6.56. The number of hydrogen-bond acceptors (Lipinski definition) is 5. The van der Waals surface area contributed by atoms with Gasteiger partial charge in [0.15, 0.2) is 0 Å². The average molecular weight is 340 g/mol. The number of ether oxygens (including phenoxy) is 1. The summed E-state index contributed by atoms with van der Waals surface area (Å²) in [5.41, 5.74) is 4.05. The number of hydrogen-bond donors (Lipinski definition) is 2. The van der Waals surface area contributed by atoms with Crippen LogP contribution in [-0.4, -0.2) is 43.3 Å². The van der Waals surface area contributed by atoms with Crippen molar-refractivity contribution in [3.8, 4) is 17.3 Å². The van der Waals surface area contributed by atoms with Crippen molar-refractivity contribution < 1.29 is 9.53 Å². The van der Waals surface area contributed by atoms with E-state index in [0.29, 0.717) is 24.5 Å². The first-order valence-corrected chi connectivity index (χ1v) is 8.29. The van der Waals surface area contributed by atoms with Crippen LogP contribution >= 0.6 is 0 Å². The van der Waals surface area contributed by atoms with Crippen LogP contribution in [0.3, 0.4) is 0 Å². The van der Waals surface area contributed by atoms with E-state index in [1.165, 1.54) is 0 Å². The van der Waals surface area contributed by atoms with E-state index >= 15 is 0 Å². The molecule has 0 spiro atoms. The van der Waals surface area contributed by atoms with Gasteiger partial charge in [0.1, 0.15) is 17.3 Å². The van der Waals surface area contributed by atoms with Crippen LogP contribution in [0.15, 0.2) is 18.5 Å². The summed E-state index contributed by atoms with van der Waals surface area (Å²) < 4.78 is 8.06. The van der Waals surface area contributed by atoms with Gasteiger partial charge in [0, 0.05) is 31.6 Å². The number of imidazole rings is 1. The summed E-state index contributed by atoms with van der Waals surface area (Å²) in [6.07, 6.45) is 2.08. The lowest BCUT2D eigenvalue weighted by molar-refractivity contribution is -0.119. The third kappa shape index (κ3) is 2.84. The van der Waals surface area contributed by atoms with E-state index in [-0.39, 0.29) is 17.9 Å². The molecule has 8 heteroatoms. The van der Waals surface area contributed by atoms with E-state index in [9.17, 15) is 4.79 Å². The summed E-state index contributed by atoms with van der Waals surface area (Å²) in [4.78, 5) is 20.6. The predicted molar refractivity (Wildman–Crippen MR) is 92.0 cm³/mol. The number of nitrogens with one attached hydrogen (secondary N) is 2. The fraction of sp³-hybridized carbons (Fsp3) is 0.412. The maximum Gasteiger partial charge on any atom is 0.241 e. The van der Waals surface area contributed by atoms with Crippen LogP contribution in [0, 0.1) is 12.8 Å². The Morgan fingerprint density at radius 2 is 2.20 bits per heavy atom. The molecule has 3 aromatic heterocycles. The number of fused-ring (bicyclic) bond motifs is 1. The van der Waals surface area contributed by atoms with Gasteiger partial charge >= 0.3 is 0 Å². The van der Waals surface area contributed by atoms with Crippen molar-refractivity contribution in [1.82, 2.24) is 30.0 Å². The number of carbonyl (C=O) groups excluding carboxylic acids is 1. The summed E-state index contributed by atoms with van der Waals surface area (Å²) in [5.74, 6) is 0.716. The number of aromatic amines is 1. The highest BCUT2D eigenvalue weighted by Crippen LogP contribution is 2.30. The van der Waals surface area contributed by atoms with Crippen LogP contribution < -0.4 is 10.1 Å². The number of aromatic nitrogens is 5. The van der Waals surface area contributed by atoms with E-state index in [2.05, 4.69) is 25.5 Å². The molecule has 1 fully saturated rings. The zero-order valence-electron chi connectivity index (χ0n) is 14.4. The van der Waals surface area contributed by atoms with Crippen molar-refractivity contribution in [2.75, 3.05) is 6.54 Å². The number of nitrogens with zero attached hydrogens (tertiary/aromatic N) is 4. The molecule has 4 rings (SSSR count). The Kier molecular flexibility index (Phi) is 3.67. The molecule has 25 heavy (non-hydrogen) atoms. The van der Waals surface area contributed by atoms with E-state index in [1.54, 1.807) is 6.33 Å². The SMILES string of the molecule is Cc1cc(-c2cc3ncn(C)c3c(OC(C)C3CNC(=O)C3)n2)n[nH]1. The first kappa shape index (κ1) is 15.6. The Hall–Kier alpha value is -2.90. The molecule has 0 aromatic carbocycles. The van der Waals surface area contributed by atoms with Crippen molar-refractivity contribution in [2.24, 2.45) is 13.0 Å². The number of carbonyl (C=O) groups is 1. The van der Waals surface area contributed by atoms with Gasteiger partial charge in [0.05, 0.1) is 17.5 Å². The second kappa shape index (κ2) is 5.87. The molecule has 3 aromatic rings. The van der Waals surface area contributed by atoms with Crippen LogP contribution in [0.1, 0.15) is 19.0 Å². The Labute approximate surface area is 144 Å². The number of aryl methyl sites for hydroxylation is 2. The fourth-order valence-electron chi connectivity index (χ4n) is 3.13. The lowest BCUT2D eigenvalue weighted by Crippen LogP contribution is -2.26. The summed E-state index contributed by atoms with van der Waals surface area (Å²) >= 11 is 0. The van der Waals surface area contributed by atoms with Crippen molar-refractivity contribution in [2.45, 2.75) is 26.4 Å². The van der Waals surface area contributed by atoms with E-state index < -0.39 is 0 Å². The molecule has 8 nitrogen and oxygen atoms in total. The Morgan fingerprint density at radius 3 is 2.88 bits per heavy atom. The van der Waals surface area contributed by atoms with Crippen LogP contribution in [0.25, 0.3) is 22.4 Å². The highest BCUT2D eigenvalue weighted by Gasteiger charge is 2.29. The monoisotopic (exact) mass is 340 g/mol. The predicted octanol–water partition coefficient (Wildman–Crippen LogP) is 1.57. The lowest BCUT2D eigenvalue weighted by Gasteiger charge is -2.19. The highest BCUT2D eigenvalue weighted by molar-refractivity contribution is 5.84. The van der Waals surface area contributed by atoms with Crippen LogP contribution in [0.5, 0.6) is 5.88 Å². The van der Waals surface area contributed by atoms with Gasteiger partial charge in [-0.1, -0.05) is 0 Å². The summed E-state index contributed by atoms with van der Waals surface area (Å²) in [7, 11) is 1.91. The van der Waals surface area contributed by atoms with Gasteiger partial charge in [0.25, 0.3) is 0 Å². The van der Waals surface area contributed by atoms with Gasteiger partial charge < -0.3 is 14.6 Å². The molecule has 130 valence electrons. The van der Waals surface area contributed by atoms with Gasteiger partial charge in [-0.05, 0) is 26.0 Å². The van der Waals surface area contributed by atoms with Crippen molar-refractivity contribution in [3.05, 3.63) is 24.2 Å². The van der Waals surface area contributed by atoms with Crippen molar-refractivity contribution in [3.63, 3.8) is 0 Å². The standard InChI is InChI=1S/C17H20N6O2/c1-9-4-13(22-21-9)12-6-14-16(23(3)8-19-14)17(20-12)25-10(2)11-5-15(24)18-7-11/h4,6,8,10-11H,5,7H2,1-3H3,(H,18,24)(H,21,22). The van der Waals surface area contributed by atoms with Gasteiger partial charge in [-0.2, -0.15) is 5.10 Å². The van der Waals surface area contributed by atoms with Gasteiger partial charge in [-0.25, -0.2) is 9.97 Å². The average Bonchev–Trinajstić information content (AvgIpc) is 3.28. The van der Waals surface area contributed by atoms with Crippen molar-refractivity contribution >= 4 is 16.9 Å². The topological polar surface area (TPSA) is 97.7 Å². The quantitative estimate of drug-likeness (QED) is 0.751. The zero-order valence-corrected chi connectivity index (χ0v) is 14.4. The molecule has 1 amide bonds. The normalized spacial score (nSPS) is 18.5. The van der Waals surface area contributed by atoms with E-state index in [0.717, 1.165) is 22.4 Å².